The second kappa shape index (κ2) is 10.1. The van der Waals surface area contributed by atoms with Gasteiger partial charge in [-0.2, -0.15) is 0 Å². The molecule has 174 valence electrons. The van der Waals surface area contributed by atoms with E-state index in [-0.39, 0.29) is 5.57 Å². The van der Waals surface area contributed by atoms with Crippen LogP contribution < -0.4 is 10.1 Å². The van der Waals surface area contributed by atoms with Gasteiger partial charge in [0.05, 0.1) is 11.1 Å². The Morgan fingerprint density at radius 3 is 2.50 bits per heavy atom. The Bertz CT molecular complexity index is 1380. The molecule has 0 bridgehead atoms. The summed E-state index contributed by atoms with van der Waals surface area (Å²) in [5.74, 6) is -0.320. The van der Waals surface area contributed by atoms with Gasteiger partial charge in [-0.15, -0.1) is 0 Å². The first-order valence-corrected chi connectivity index (χ1v) is 12.1. The van der Waals surface area contributed by atoms with E-state index in [9.17, 15) is 13.8 Å². The molecule has 0 aliphatic carbocycles. The van der Waals surface area contributed by atoms with E-state index in [1.165, 1.54) is 6.08 Å². The van der Waals surface area contributed by atoms with Crippen LogP contribution in [-0.2, 0) is 27.2 Å². The smallest absolute Gasteiger partial charge is 0.258 e. The molecule has 3 aromatic rings. The summed E-state index contributed by atoms with van der Waals surface area (Å²) in [6, 6.07) is 15.3. The standard InChI is InChI=1S/C27H26N2O4S/c1-4-21(12-10-18(2)3)34(32)29-16-24(23-15-26(30)28-27(23)31)22-14-20(11-13-25(22)29)33-17-19-8-6-5-7-9-19/h5-16H,4,17H2,1-3H3,(H,28,30,31)/b21-12+. The number of nitrogens with zero attached hydrogens (tertiary/aromatic N) is 1. The number of rotatable bonds is 8. The summed E-state index contributed by atoms with van der Waals surface area (Å²) in [7, 11) is -1.50. The first-order valence-electron chi connectivity index (χ1n) is 11.0. The number of hydrogen-bond acceptors (Lipinski definition) is 4. The maximum Gasteiger partial charge on any atom is 0.258 e. The van der Waals surface area contributed by atoms with Gasteiger partial charge < -0.3 is 4.74 Å². The van der Waals surface area contributed by atoms with Gasteiger partial charge >= 0.3 is 0 Å². The lowest BCUT2D eigenvalue weighted by molar-refractivity contribution is -0.123. The Labute approximate surface area is 201 Å². The van der Waals surface area contributed by atoms with E-state index < -0.39 is 22.8 Å². The topological polar surface area (TPSA) is 77.4 Å². The third-order valence-electron chi connectivity index (χ3n) is 5.39. The molecule has 0 spiro atoms. The summed E-state index contributed by atoms with van der Waals surface area (Å²) in [5.41, 5.74) is 3.60. The molecule has 1 aliphatic heterocycles. The van der Waals surface area contributed by atoms with E-state index in [4.69, 9.17) is 4.74 Å². The van der Waals surface area contributed by atoms with Crippen molar-refractivity contribution in [1.29, 1.82) is 0 Å². The molecular formula is C27H26N2O4S. The van der Waals surface area contributed by atoms with Crippen molar-refractivity contribution in [1.82, 2.24) is 9.29 Å². The highest BCUT2D eigenvalue weighted by molar-refractivity contribution is 7.87. The zero-order valence-corrected chi connectivity index (χ0v) is 20.1. The fourth-order valence-electron chi connectivity index (χ4n) is 3.66. The number of nitrogens with one attached hydrogen (secondary N) is 1. The number of aromatic nitrogens is 1. The Hall–Kier alpha value is -3.71. The Kier molecular flexibility index (Phi) is 6.93. The maximum atomic E-state index is 13.5. The zero-order valence-electron chi connectivity index (χ0n) is 19.3. The predicted molar refractivity (Wildman–Crippen MR) is 135 cm³/mol. The van der Waals surface area contributed by atoms with Crippen molar-refractivity contribution in [3.8, 4) is 5.75 Å². The van der Waals surface area contributed by atoms with Crippen molar-refractivity contribution in [3.05, 3.63) is 94.6 Å². The summed E-state index contributed by atoms with van der Waals surface area (Å²) in [6.45, 7) is 6.31. The van der Waals surface area contributed by atoms with Gasteiger partial charge in [0.25, 0.3) is 11.8 Å². The van der Waals surface area contributed by atoms with Gasteiger partial charge in [-0.25, -0.2) is 4.21 Å². The number of amides is 2. The summed E-state index contributed by atoms with van der Waals surface area (Å²) in [4.78, 5) is 25.0. The monoisotopic (exact) mass is 474 g/mol. The van der Waals surface area contributed by atoms with E-state index in [1.807, 2.05) is 81.5 Å². The van der Waals surface area contributed by atoms with Crippen LogP contribution in [0.2, 0.25) is 0 Å². The summed E-state index contributed by atoms with van der Waals surface area (Å²) >= 11 is 0. The largest absolute Gasteiger partial charge is 0.489 e. The Morgan fingerprint density at radius 2 is 1.85 bits per heavy atom. The molecule has 1 aromatic heterocycles. The van der Waals surface area contributed by atoms with Gasteiger partial charge in [0.15, 0.2) is 11.0 Å². The first kappa shape index (κ1) is 23.4. The van der Waals surface area contributed by atoms with Crippen molar-refractivity contribution < 1.29 is 18.5 Å². The predicted octanol–water partition coefficient (Wildman–Crippen LogP) is 5.03. The van der Waals surface area contributed by atoms with E-state index >= 15 is 0 Å². The van der Waals surface area contributed by atoms with Crippen molar-refractivity contribution in [2.45, 2.75) is 33.8 Å². The van der Waals surface area contributed by atoms with Gasteiger partial charge in [-0.05, 0) is 50.1 Å². The third kappa shape index (κ3) is 4.94. The highest BCUT2D eigenvalue weighted by atomic mass is 32.2. The van der Waals surface area contributed by atoms with Gasteiger partial charge in [0.2, 0.25) is 0 Å². The van der Waals surface area contributed by atoms with Crippen LogP contribution in [0.5, 0.6) is 5.75 Å². The van der Waals surface area contributed by atoms with Crippen LogP contribution >= 0.6 is 0 Å². The summed E-state index contributed by atoms with van der Waals surface area (Å²) in [6.07, 6.45) is 7.37. The van der Waals surface area contributed by atoms with E-state index in [2.05, 4.69) is 5.32 Å². The minimum atomic E-state index is -1.50. The van der Waals surface area contributed by atoms with Crippen LogP contribution in [0.3, 0.4) is 0 Å². The van der Waals surface area contributed by atoms with E-state index in [0.717, 1.165) is 16.0 Å². The number of imide groups is 1. The van der Waals surface area contributed by atoms with Crippen LogP contribution in [0.4, 0.5) is 0 Å². The first-order chi connectivity index (χ1) is 16.4. The number of hydrogen-bond donors (Lipinski definition) is 1. The average Bonchev–Trinajstić information content (AvgIpc) is 3.36. The van der Waals surface area contributed by atoms with Crippen molar-refractivity contribution in [2.75, 3.05) is 0 Å². The molecule has 7 heteroatoms. The molecule has 0 radical (unpaired) electrons. The normalized spacial score (nSPS) is 14.7. The second-order valence-electron chi connectivity index (χ2n) is 8.18. The lowest BCUT2D eigenvalue weighted by Crippen LogP contribution is -2.21. The number of carbonyl (C=O) groups is 2. The molecule has 2 heterocycles. The molecule has 1 atom stereocenters. The van der Waals surface area contributed by atoms with E-state index in [0.29, 0.717) is 35.2 Å². The van der Waals surface area contributed by atoms with Crippen molar-refractivity contribution >= 4 is 39.3 Å². The van der Waals surface area contributed by atoms with Crippen LogP contribution in [0.1, 0.15) is 38.3 Å². The third-order valence-corrected chi connectivity index (χ3v) is 6.92. The fraction of sp³-hybridized carbons (Fsp3) is 0.185. The quantitative estimate of drug-likeness (QED) is 0.367. The Balaban J connectivity index is 1.79. The zero-order chi connectivity index (χ0) is 24.2. The van der Waals surface area contributed by atoms with Crippen LogP contribution in [-0.4, -0.2) is 20.0 Å². The fourth-order valence-corrected chi connectivity index (χ4v) is 4.88. The molecule has 1 aliphatic rings. The number of carbonyl (C=O) groups excluding carboxylic acids is 2. The summed E-state index contributed by atoms with van der Waals surface area (Å²) in [5, 5.41) is 2.98. The highest BCUT2D eigenvalue weighted by Gasteiger charge is 2.27. The molecule has 2 aromatic carbocycles. The lowest BCUT2D eigenvalue weighted by atomic mass is 10.1. The number of allylic oxidation sites excluding steroid dienone is 4. The SMILES string of the molecule is CC/C(=C\C=C(C)C)S(=O)n1cc(C2=CC(=O)NC2=O)c2cc(OCc3ccccc3)ccc21. The molecular weight excluding hydrogens is 448 g/mol. The molecule has 34 heavy (non-hydrogen) atoms. The minimum Gasteiger partial charge on any atom is -0.489 e. The lowest BCUT2D eigenvalue weighted by Gasteiger charge is -2.09. The molecule has 1 unspecified atom stereocenters. The van der Waals surface area contributed by atoms with Crippen molar-refractivity contribution in [3.63, 3.8) is 0 Å². The molecule has 1 N–H and O–H groups in total. The van der Waals surface area contributed by atoms with Gasteiger partial charge in [-0.1, -0.05) is 48.9 Å². The van der Waals surface area contributed by atoms with Crippen LogP contribution in [0, 0.1) is 0 Å². The molecule has 0 fully saturated rings. The number of fused-ring (bicyclic) bond motifs is 1. The second-order valence-corrected chi connectivity index (χ2v) is 9.59. The van der Waals surface area contributed by atoms with Gasteiger partial charge in [0, 0.05) is 28.1 Å². The van der Waals surface area contributed by atoms with Crippen molar-refractivity contribution in [2.24, 2.45) is 0 Å². The molecule has 4 rings (SSSR count). The van der Waals surface area contributed by atoms with Gasteiger partial charge in [-0.3, -0.25) is 18.9 Å². The number of ether oxygens (including phenoxy) is 1. The summed E-state index contributed by atoms with van der Waals surface area (Å²) < 4.78 is 21.2. The van der Waals surface area contributed by atoms with Gasteiger partial charge in [0.1, 0.15) is 12.4 Å². The maximum absolute atomic E-state index is 13.5. The molecule has 0 saturated carbocycles. The molecule has 6 nitrogen and oxygen atoms in total. The van der Waals surface area contributed by atoms with E-state index in [1.54, 1.807) is 10.2 Å². The molecule has 0 saturated heterocycles. The average molecular weight is 475 g/mol. The highest BCUT2D eigenvalue weighted by Crippen LogP contribution is 2.33. The van der Waals surface area contributed by atoms with Crippen LogP contribution in [0.15, 0.2) is 83.4 Å². The van der Waals surface area contributed by atoms with Crippen LogP contribution in [0.25, 0.3) is 16.5 Å². The number of benzene rings is 2. The molecule has 2 amide bonds. The minimum absolute atomic E-state index is 0.247. The Morgan fingerprint density at radius 1 is 1.09 bits per heavy atom.